The van der Waals surface area contributed by atoms with Crippen molar-refractivity contribution in [2.24, 2.45) is 5.92 Å². The van der Waals surface area contributed by atoms with Crippen LogP contribution < -0.4 is 4.90 Å². The van der Waals surface area contributed by atoms with Crippen LogP contribution in [0.25, 0.3) is 0 Å². The first kappa shape index (κ1) is 11.0. The fourth-order valence-electron chi connectivity index (χ4n) is 2.40. The second kappa shape index (κ2) is 5.02. The van der Waals surface area contributed by atoms with Crippen molar-refractivity contribution in [2.45, 2.75) is 0 Å². The van der Waals surface area contributed by atoms with Crippen LogP contribution in [0.15, 0.2) is 18.3 Å². The van der Waals surface area contributed by atoms with Gasteiger partial charge in [-0.25, -0.2) is 4.98 Å². The minimum absolute atomic E-state index is 0.768. The molecular weight excluding hydrogens is 214 g/mol. The van der Waals surface area contributed by atoms with Crippen molar-refractivity contribution in [3.05, 3.63) is 24.4 Å². The fraction of sp³-hybridized carbons (Fsp3) is 0.615. The average Bonchev–Trinajstić information content (AvgIpc) is 2.36. The van der Waals surface area contributed by atoms with Crippen molar-refractivity contribution in [2.75, 3.05) is 50.8 Å². The largest absolute Gasteiger partial charge is 0.381 e. The first-order valence-electron chi connectivity index (χ1n) is 6.29. The molecule has 0 aromatic carbocycles. The van der Waals surface area contributed by atoms with E-state index in [1.165, 1.54) is 6.54 Å². The predicted octanol–water partition coefficient (Wildman–Crippen LogP) is 0.650. The van der Waals surface area contributed by atoms with E-state index in [-0.39, 0.29) is 0 Å². The molecule has 0 atom stereocenters. The van der Waals surface area contributed by atoms with Gasteiger partial charge in [0.15, 0.2) is 0 Å². The van der Waals surface area contributed by atoms with Crippen molar-refractivity contribution < 1.29 is 4.74 Å². The normalized spacial score (nSPS) is 22.5. The van der Waals surface area contributed by atoms with Crippen molar-refractivity contribution in [1.29, 1.82) is 0 Å². The molecular formula is C13H18N3O. The second-order valence-electron chi connectivity index (χ2n) is 4.81. The van der Waals surface area contributed by atoms with Crippen molar-refractivity contribution >= 4 is 5.82 Å². The summed E-state index contributed by atoms with van der Waals surface area (Å²) in [5, 5.41) is 0. The van der Waals surface area contributed by atoms with Crippen LogP contribution >= 0.6 is 0 Å². The molecule has 0 amide bonds. The van der Waals surface area contributed by atoms with Crippen LogP contribution in [-0.2, 0) is 4.74 Å². The van der Waals surface area contributed by atoms with Crippen molar-refractivity contribution in [1.82, 2.24) is 9.88 Å². The molecule has 0 bridgehead atoms. The molecule has 2 fully saturated rings. The van der Waals surface area contributed by atoms with Crippen LogP contribution in [-0.4, -0.2) is 55.8 Å². The molecule has 0 N–H and O–H groups in total. The van der Waals surface area contributed by atoms with E-state index in [2.05, 4.69) is 20.9 Å². The van der Waals surface area contributed by atoms with Gasteiger partial charge in [-0.1, -0.05) is 0 Å². The first-order chi connectivity index (χ1) is 8.42. The van der Waals surface area contributed by atoms with Crippen LogP contribution in [0.2, 0.25) is 0 Å². The molecule has 0 aliphatic carbocycles. The number of pyridine rings is 1. The number of hydrogen-bond acceptors (Lipinski definition) is 4. The number of anilines is 1. The van der Waals surface area contributed by atoms with Gasteiger partial charge in [0.05, 0.1) is 13.2 Å². The molecule has 0 spiro atoms. The van der Waals surface area contributed by atoms with Gasteiger partial charge in [0.1, 0.15) is 5.82 Å². The summed E-state index contributed by atoms with van der Waals surface area (Å²) in [4.78, 5) is 9.25. The minimum Gasteiger partial charge on any atom is -0.381 e. The fourth-order valence-corrected chi connectivity index (χ4v) is 2.40. The van der Waals surface area contributed by atoms with Crippen LogP contribution in [0.1, 0.15) is 0 Å². The second-order valence-corrected chi connectivity index (χ2v) is 4.81. The highest BCUT2D eigenvalue weighted by molar-refractivity contribution is 5.37. The molecule has 1 aromatic rings. The molecule has 4 nitrogen and oxygen atoms in total. The first-order valence-corrected chi connectivity index (χ1v) is 6.29. The number of hydrogen-bond donors (Lipinski definition) is 0. The van der Waals surface area contributed by atoms with E-state index in [0.29, 0.717) is 0 Å². The zero-order valence-corrected chi connectivity index (χ0v) is 10.0. The Morgan fingerprint density at radius 1 is 1.29 bits per heavy atom. The number of piperazine rings is 1. The number of ether oxygens (including phenoxy) is 1. The van der Waals surface area contributed by atoms with E-state index in [1.54, 1.807) is 0 Å². The summed E-state index contributed by atoms with van der Waals surface area (Å²) in [5.74, 6) is 1.82. The molecule has 3 rings (SSSR count). The maximum atomic E-state index is 5.22. The predicted molar refractivity (Wildman–Crippen MR) is 66.0 cm³/mol. The van der Waals surface area contributed by atoms with E-state index in [1.807, 2.05) is 18.3 Å². The highest BCUT2D eigenvalue weighted by atomic mass is 16.5. The van der Waals surface area contributed by atoms with E-state index in [9.17, 15) is 0 Å². The topological polar surface area (TPSA) is 28.6 Å². The van der Waals surface area contributed by atoms with Gasteiger partial charge < -0.3 is 9.64 Å². The zero-order chi connectivity index (χ0) is 11.5. The van der Waals surface area contributed by atoms with E-state index >= 15 is 0 Å². The molecule has 3 heterocycles. The molecule has 17 heavy (non-hydrogen) atoms. The third-order valence-corrected chi connectivity index (χ3v) is 3.51. The van der Waals surface area contributed by atoms with E-state index in [4.69, 9.17) is 4.74 Å². The quantitative estimate of drug-likeness (QED) is 0.765. The molecule has 4 heteroatoms. The summed E-state index contributed by atoms with van der Waals surface area (Å²) < 4.78 is 5.22. The summed E-state index contributed by atoms with van der Waals surface area (Å²) in [5.41, 5.74) is 0. The Morgan fingerprint density at radius 2 is 2.12 bits per heavy atom. The van der Waals surface area contributed by atoms with Crippen molar-refractivity contribution in [3.8, 4) is 0 Å². The van der Waals surface area contributed by atoms with Gasteiger partial charge in [0.2, 0.25) is 0 Å². The van der Waals surface area contributed by atoms with Crippen LogP contribution in [0.3, 0.4) is 0 Å². The van der Waals surface area contributed by atoms with Gasteiger partial charge in [-0.3, -0.25) is 4.90 Å². The lowest BCUT2D eigenvalue weighted by atomic mass is 10.1. The highest BCUT2D eigenvalue weighted by Gasteiger charge is 2.24. The minimum atomic E-state index is 0.768. The smallest absolute Gasteiger partial charge is 0.129 e. The maximum Gasteiger partial charge on any atom is 0.129 e. The molecule has 0 saturated carbocycles. The Bertz CT molecular complexity index is 345. The SMILES string of the molecule is [c]1ccnc(N2CCN(CC3COC3)CC2)c1. The molecule has 0 unspecified atom stereocenters. The molecule has 1 radical (unpaired) electrons. The Morgan fingerprint density at radius 3 is 2.71 bits per heavy atom. The summed E-state index contributed by atoms with van der Waals surface area (Å²) in [6, 6.07) is 6.90. The van der Waals surface area contributed by atoms with Gasteiger partial charge in [-0.2, -0.15) is 0 Å². The summed E-state index contributed by atoms with van der Waals surface area (Å²) in [7, 11) is 0. The number of rotatable bonds is 3. The zero-order valence-electron chi connectivity index (χ0n) is 10.0. The maximum absolute atomic E-state index is 5.22. The van der Waals surface area contributed by atoms with Gasteiger partial charge in [0, 0.05) is 44.8 Å². The average molecular weight is 232 g/mol. The Kier molecular flexibility index (Phi) is 3.25. The highest BCUT2D eigenvalue weighted by Crippen LogP contribution is 2.16. The van der Waals surface area contributed by atoms with E-state index < -0.39 is 0 Å². The molecule has 1 aromatic heterocycles. The monoisotopic (exact) mass is 232 g/mol. The summed E-state index contributed by atoms with van der Waals surface area (Å²) in [6.07, 6.45) is 1.81. The van der Waals surface area contributed by atoms with Crippen LogP contribution in [0.5, 0.6) is 0 Å². The lowest BCUT2D eigenvalue weighted by Crippen LogP contribution is -2.50. The van der Waals surface area contributed by atoms with Crippen LogP contribution in [0.4, 0.5) is 5.82 Å². The molecule has 2 aliphatic rings. The van der Waals surface area contributed by atoms with Crippen molar-refractivity contribution in [3.63, 3.8) is 0 Å². The summed E-state index contributed by atoms with van der Waals surface area (Å²) in [6.45, 7) is 7.50. The third-order valence-electron chi connectivity index (χ3n) is 3.51. The van der Waals surface area contributed by atoms with Gasteiger partial charge in [-0.15, -0.1) is 0 Å². The Hall–Kier alpha value is -1.13. The van der Waals surface area contributed by atoms with Gasteiger partial charge in [0.25, 0.3) is 0 Å². The third kappa shape index (κ3) is 2.58. The standard InChI is InChI=1S/C13H18N3O/c1-2-4-14-13(3-1)16-7-5-15(6-8-16)9-12-10-17-11-12/h2-4,12H,5-11H2. The van der Waals surface area contributed by atoms with Gasteiger partial charge in [-0.05, 0) is 18.2 Å². The Labute approximate surface area is 102 Å². The van der Waals surface area contributed by atoms with Gasteiger partial charge >= 0.3 is 0 Å². The van der Waals surface area contributed by atoms with Crippen LogP contribution in [0, 0.1) is 12.0 Å². The molecule has 91 valence electrons. The molecule has 2 aliphatic heterocycles. The number of nitrogens with zero attached hydrogens (tertiary/aromatic N) is 3. The summed E-state index contributed by atoms with van der Waals surface area (Å²) >= 11 is 0. The molecule has 2 saturated heterocycles. The van der Waals surface area contributed by atoms with E-state index in [0.717, 1.165) is 51.1 Å². The lowest BCUT2D eigenvalue weighted by Gasteiger charge is -2.38. The Balaban J connectivity index is 1.50. The number of aromatic nitrogens is 1. The lowest BCUT2D eigenvalue weighted by molar-refractivity contribution is -0.0469.